The number of anilines is 3. The lowest BCUT2D eigenvalue weighted by molar-refractivity contribution is 0.547. The Balaban J connectivity index is 2.42. The molecule has 1 aromatic carbocycles. The van der Waals surface area contributed by atoms with E-state index < -0.39 is 0 Å². The number of hydrogen-bond donors (Lipinski definition) is 2. The van der Waals surface area contributed by atoms with Gasteiger partial charge in [0.1, 0.15) is 17.5 Å². The van der Waals surface area contributed by atoms with Crippen LogP contribution in [0.3, 0.4) is 0 Å². The van der Waals surface area contributed by atoms with Crippen molar-refractivity contribution >= 4 is 33.3 Å². The van der Waals surface area contributed by atoms with E-state index >= 15 is 0 Å². The van der Waals surface area contributed by atoms with E-state index in [1.807, 2.05) is 19.2 Å². The molecular formula is C16H21BrN4. The van der Waals surface area contributed by atoms with Gasteiger partial charge < -0.3 is 10.6 Å². The minimum Gasteiger partial charge on any atom is -0.373 e. The average Bonchev–Trinajstić information content (AvgIpc) is 2.41. The largest absolute Gasteiger partial charge is 0.373 e. The lowest BCUT2D eigenvalue weighted by atomic mass is 9.96. The maximum atomic E-state index is 4.64. The summed E-state index contributed by atoms with van der Waals surface area (Å²) in [7, 11) is 1.86. The quantitative estimate of drug-likeness (QED) is 0.848. The Kier molecular flexibility index (Phi) is 4.52. The number of hydrogen-bond acceptors (Lipinski definition) is 4. The zero-order chi connectivity index (χ0) is 15.6. The lowest BCUT2D eigenvalue weighted by Crippen LogP contribution is -2.17. The average molecular weight is 349 g/mol. The normalized spacial score (nSPS) is 11.3. The van der Waals surface area contributed by atoms with Crippen molar-refractivity contribution in [2.75, 3.05) is 17.7 Å². The molecule has 4 nitrogen and oxygen atoms in total. The minimum atomic E-state index is -0.104. The Hall–Kier alpha value is -1.62. The molecule has 0 fully saturated rings. The monoisotopic (exact) mass is 348 g/mol. The minimum absolute atomic E-state index is 0.104. The third-order valence-corrected chi connectivity index (χ3v) is 3.73. The summed E-state index contributed by atoms with van der Waals surface area (Å²) >= 11 is 3.56. The first-order valence-electron chi connectivity index (χ1n) is 6.90. The van der Waals surface area contributed by atoms with Gasteiger partial charge in [0.2, 0.25) is 0 Å². The van der Waals surface area contributed by atoms with Crippen LogP contribution >= 0.6 is 15.9 Å². The molecule has 0 spiro atoms. The van der Waals surface area contributed by atoms with Gasteiger partial charge in [-0.05, 0) is 40.5 Å². The molecule has 0 atom stereocenters. The fraction of sp³-hybridized carbons (Fsp3) is 0.375. The van der Waals surface area contributed by atoms with E-state index in [1.165, 1.54) is 5.56 Å². The number of nitrogens with one attached hydrogen (secondary N) is 2. The molecule has 1 aromatic heterocycles. The van der Waals surface area contributed by atoms with Crippen molar-refractivity contribution in [2.45, 2.75) is 33.1 Å². The summed E-state index contributed by atoms with van der Waals surface area (Å²) in [4.78, 5) is 9.17. The van der Waals surface area contributed by atoms with Crippen LogP contribution in [0.15, 0.2) is 28.7 Å². The molecule has 5 heteroatoms. The Morgan fingerprint density at radius 1 is 1.05 bits per heavy atom. The highest BCUT2D eigenvalue weighted by molar-refractivity contribution is 9.10. The van der Waals surface area contributed by atoms with Crippen LogP contribution in [-0.2, 0) is 5.41 Å². The van der Waals surface area contributed by atoms with Gasteiger partial charge in [0, 0.05) is 23.0 Å². The van der Waals surface area contributed by atoms with E-state index in [9.17, 15) is 0 Å². The number of halogens is 1. The number of nitrogens with zero attached hydrogens (tertiary/aromatic N) is 2. The van der Waals surface area contributed by atoms with Gasteiger partial charge in [-0.2, -0.15) is 0 Å². The summed E-state index contributed by atoms with van der Waals surface area (Å²) in [6.07, 6.45) is 0. The fourth-order valence-electron chi connectivity index (χ4n) is 1.85. The molecule has 21 heavy (non-hydrogen) atoms. The summed E-state index contributed by atoms with van der Waals surface area (Å²) in [6.45, 7) is 8.38. The van der Waals surface area contributed by atoms with E-state index in [4.69, 9.17) is 0 Å². The smallest absolute Gasteiger partial charge is 0.138 e. The van der Waals surface area contributed by atoms with E-state index in [2.05, 4.69) is 76.4 Å². The van der Waals surface area contributed by atoms with Crippen molar-refractivity contribution < 1.29 is 0 Å². The topological polar surface area (TPSA) is 49.8 Å². The molecule has 2 rings (SSSR count). The number of aromatic nitrogens is 2. The highest BCUT2D eigenvalue weighted by Gasteiger charge is 2.19. The van der Waals surface area contributed by atoms with Crippen molar-refractivity contribution in [2.24, 2.45) is 0 Å². The van der Waals surface area contributed by atoms with Crippen LogP contribution in [0, 0.1) is 6.92 Å². The maximum absolute atomic E-state index is 4.64. The zero-order valence-electron chi connectivity index (χ0n) is 13.1. The molecule has 0 aliphatic rings. The number of benzene rings is 1. The van der Waals surface area contributed by atoms with Crippen LogP contribution in [0.4, 0.5) is 17.3 Å². The van der Waals surface area contributed by atoms with Gasteiger partial charge in [0.25, 0.3) is 0 Å². The molecule has 1 heterocycles. The molecule has 2 N–H and O–H groups in total. The molecule has 0 unspecified atom stereocenters. The first-order chi connectivity index (χ1) is 9.79. The van der Waals surface area contributed by atoms with Crippen LogP contribution in [0.5, 0.6) is 0 Å². The molecule has 0 saturated heterocycles. The van der Waals surface area contributed by atoms with E-state index in [0.717, 1.165) is 27.6 Å². The van der Waals surface area contributed by atoms with Crippen molar-refractivity contribution in [3.05, 3.63) is 40.1 Å². The highest BCUT2D eigenvalue weighted by Crippen LogP contribution is 2.28. The second-order valence-corrected chi connectivity index (χ2v) is 6.92. The summed E-state index contributed by atoms with van der Waals surface area (Å²) in [5.41, 5.74) is 2.09. The zero-order valence-corrected chi connectivity index (χ0v) is 14.7. The van der Waals surface area contributed by atoms with Crippen molar-refractivity contribution in [1.29, 1.82) is 0 Å². The van der Waals surface area contributed by atoms with Gasteiger partial charge in [-0.1, -0.05) is 26.8 Å². The fourth-order valence-corrected chi connectivity index (χ4v) is 2.19. The number of rotatable bonds is 3. The van der Waals surface area contributed by atoms with Gasteiger partial charge >= 0.3 is 0 Å². The summed E-state index contributed by atoms with van der Waals surface area (Å²) in [5.74, 6) is 2.40. The Bertz CT molecular complexity index is 647. The van der Waals surface area contributed by atoms with Crippen molar-refractivity contribution in [3.8, 4) is 0 Å². The van der Waals surface area contributed by atoms with Crippen molar-refractivity contribution in [1.82, 2.24) is 9.97 Å². The Morgan fingerprint density at radius 3 is 2.33 bits per heavy atom. The molecule has 0 aliphatic carbocycles. The molecule has 0 saturated carbocycles. The second kappa shape index (κ2) is 6.02. The molecule has 0 radical (unpaired) electrons. The molecule has 112 valence electrons. The van der Waals surface area contributed by atoms with Crippen LogP contribution in [0.25, 0.3) is 0 Å². The van der Waals surface area contributed by atoms with E-state index in [0.29, 0.717) is 0 Å². The van der Waals surface area contributed by atoms with Gasteiger partial charge in [-0.25, -0.2) is 9.97 Å². The van der Waals surface area contributed by atoms with Crippen LogP contribution in [-0.4, -0.2) is 17.0 Å². The van der Waals surface area contributed by atoms with Gasteiger partial charge in [-0.3, -0.25) is 0 Å². The van der Waals surface area contributed by atoms with E-state index in [-0.39, 0.29) is 5.41 Å². The molecule has 2 aromatic rings. The van der Waals surface area contributed by atoms with Gasteiger partial charge in [-0.15, -0.1) is 0 Å². The van der Waals surface area contributed by atoms with E-state index in [1.54, 1.807) is 0 Å². The second-order valence-electron chi connectivity index (χ2n) is 6.07. The Labute approximate surface area is 134 Å². The lowest BCUT2D eigenvalue weighted by Gasteiger charge is -2.19. The highest BCUT2D eigenvalue weighted by atomic mass is 79.9. The third kappa shape index (κ3) is 3.94. The Morgan fingerprint density at radius 2 is 1.71 bits per heavy atom. The predicted octanol–water partition coefficient (Wildman–Crippen LogP) is 4.63. The van der Waals surface area contributed by atoms with Gasteiger partial charge in [0.15, 0.2) is 0 Å². The summed E-state index contributed by atoms with van der Waals surface area (Å²) in [5, 5.41) is 6.45. The standard InChI is InChI=1S/C16H21BrN4/c1-10-6-7-11(17)12(8-10)19-14-9-13(18-5)20-15(21-14)16(2,3)4/h6-9H,1-5H3,(H2,18,19,20,21). The first kappa shape index (κ1) is 15.8. The van der Waals surface area contributed by atoms with Gasteiger partial charge in [0.05, 0.1) is 5.69 Å². The predicted molar refractivity (Wildman–Crippen MR) is 92.4 cm³/mol. The molecule has 0 bridgehead atoms. The molecule has 0 amide bonds. The first-order valence-corrected chi connectivity index (χ1v) is 7.69. The summed E-state index contributed by atoms with van der Waals surface area (Å²) < 4.78 is 1.01. The summed E-state index contributed by atoms with van der Waals surface area (Å²) in [6, 6.07) is 8.09. The maximum Gasteiger partial charge on any atom is 0.138 e. The SMILES string of the molecule is CNc1cc(Nc2cc(C)ccc2Br)nc(C(C)(C)C)n1. The number of aryl methyl sites for hydroxylation is 1. The molecule has 0 aliphatic heterocycles. The van der Waals surface area contributed by atoms with Crippen LogP contribution in [0.1, 0.15) is 32.2 Å². The third-order valence-electron chi connectivity index (χ3n) is 3.04. The van der Waals surface area contributed by atoms with Crippen LogP contribution < -0.4 is 10.6 Å². The van der Waals surface area contributed by atoms with Crippen LogP contribution in [0.2, 0.25) is 0 Å². The molecular weight excluding hydrogens is 328 g/mol. The van der Waals surface area contributed by atoms with Crippen molar-refractivity contribution in [3.63, 3.8) is 0 Å².